The van der Waals surface area contributed by atoms with Crippen molar-refractivity contribution < 1.29 is 9.13 Å². The Balaban J connectivity index is 2.18. The minimum Gasteiger partial charge on any atom is -0.495 e. The van der Waals surface area contributed by atoms with E-state index in [0.29, 0.717) is 22.9 Å². The van der Waals surface area contributed by atoms with Gasteiger partial charge in [0.2, 0.25) is 0 Å². The van der Waals surface area contributed by atoms with Crippen molar-refractivity contribution in [2.75, 3.05) is 12.4 Å². The molecule has 0 bridgehead atoms. The predicted octanol–water partition coefficient (Wildman–Crippen LogP) is 4.75. The van der Waals surface area contributed by atoms with Gasteiger partial charge in [-0.05, 0) is 29.8 Å². The molecule has 5 heteroatoms. The molecule has 0 saturated carbocycles. The van der Waals surface area contributed by atoms with Crippen molar-refractivity contribution in [1.29, 1.82) is 0 Å². The maximum Gasteiger partial charge on any atom is 0.142 e. The smallest absolute Gasteiger partial charge is 0.142 e. The molecule has 0 atom stereocenters. The number of rotatable bonds is 4. The first-order chi connectivity index (χ1) is 9.11. The third-order valence-electron chi connectivity index (χ3n) is 2.66. The zero-order chi connectivity index (χ0) is 13.8. The second kappa shape index (κ2) is 6.13. The molecular weight excluding hydrogens is 288 g/mol. The Morgan fingerprint density at radius 2 is 2.00 bits per heavy atom. The van der Waals surface area contributed by atoms with Gasteiger partial charge in [-0.15, -0.1) is 0 Å². The van der Waals surface area contributed by atoms with E-state index in [1.807, 2.05) is 0 Å². The molecule has 2 nitrogen and oxygen atoms in total. The average molecular weight is 300 g/mol. The maximum absolute atomic E-state index is 13.3. The normalized spacial score (nSPS) is 10.3. The molecule has 2 aromatic rings. The fourth-order valence-corrected chi connectivity index (χ4v) is 2.06. The zero-order valence-electron chi connectivity index (χ0n) is 10.2. The van der Waals surface area contributed by atoms with Gasteiger partial charge >= 0.3 is 0 Å². The first-order valence-electron chi connectivity index (χ1n) is 5.62. The minimum absolute atomic E-state index is 0.121. The molecule has 100 valence electrons. The number of ether oxygens (including phenoxy) is 1. The summed E-state index contributed by atoms with van der Waals surface area (Å²) in [7, 11) is 1.57. The summed E-state index contributed by atoms with van der Waals surface area (Å²) in [4.78, 5) is 0. The van der Waals surface area contributed by atoms with Gasteiger partial charge in [0.1, 0.15) is 11.6 Å². The van der Waals surface area contributed by atoms with Crippen LogP contribution in [0.25, 0.3) is 0 Å². The van der Waals surface area contributed by atoms with Crippen LogP contribution in [-0.2, 0) is 6.54 Å². The van der Waals surface area contributed by atoms with Crippen molar-refractivity contribution in [3.05, 3.63) is 57.8 Å². The summed E-state index contributed by atoms with van der Waals surface area (Å²) in [6, 6.07) is 9.95. The van der Waals surface area contributed by atoms with E-state index in [4.69, 9.17) is 27.9 Å². The molecule has 2 aromatic carbocycles. The van der Waals surface area contributed by atoms with E-state index >= 15 is 0 Å². The van der Waals surface area contributed by atoms with Crippen molar-refractivity contribution in [2.45, 2.75) is 6.54 Å². The van der Waals surface area contributed by atoms with Crippen molar-refractivity contribution in [3.8, 4) is 5.75 Å². The Labute approximate surface area is 121 Å². The highest BCUT2D eigenvalue weighted by atomic mass is 35.5. The highest BCUT2D eigenvalue weighted by molar-refractivity contribution is 6.31. The summed E-state index contributed by atoms with van der Waals surface area (Å²) >= 11 is 11.8. The average Bonchev–Trinajstić information content (AvgIpc) is 2.40. The van der Waals surface area contributed by atoms with Crippen LogP contribution in [0.15, 0.2) is 36.4 Å². The molecule has 0 amide bonds. The molecule has 0 aliphatic heterocycles. The van der Waals surface area contributed by atoms with Crippen molar-refractivity contribution in [1.82, 2.24) is 0 Å². The van der Waals surface area contributed by atoms with E-state index in [9.17, 15) is 4.39 Å². The molecule has 0 saturated heterocycles. The topological polar surface area (TPSA) is 21.3 Å². The Morgan fingerprint density at radius 1 is 1.21 bits per heavy atom. The number of benzene rings is 2. The fraction of sp³-hybridized carbons (Fsp3) is 0.143. The lowest BCUT2D eigenvalue weighted by Gasteiger charge is -2.12. The number of hydrogen-bond donors (Lipinski definition) is 1. The van der Waals surface area contributed by atoms with Crippen LogP contribution < -0.4 is 10.1 Å². The molecule has 0 aliphatic carbocycles. The monoisotopic (exact) mass is 299 g/mol. The molecule has 0 aliphatic rings. The quantitative estimate of drug-likeness (QED) is 0.879. The molecule has 19 heavy (non-hydrogen) atoms. The summed E-state index contributed by atoms with van der Waals surface area (Å²) in [5.74, 6) is 0.232. The zero-order valence-corrected chi connectivity index (χ0v) is 11.7. The van der Waals surface area contributed by atoms with E-state index in [-0.39, 0.29) is 5.02 Å². The number of hydrogen-bond acceptors (Lipinski definition) is 2. The van der Waals surface area contributed by atoms with Gasteiger partial charge in [-0.1, -0.05) is 35.3 Å². The van der Waals surface area contributed by atoms with Crippen molar-refractivity contribution in [2.24, 2.45) is 0 Å². The molecular formula is C14H12Cl2FNO. The molecule has 0 unspecified atom stereocenters. The Hall–Kier alpha value is -1.45. The van der Waals surface area contributed by atoms with Crippen LogP contribution in [0.1, 0.15) is 5.56 Å². The predicted molar refractivity (Wildman–Crippen MR) is 76.7 cm³/mol. The lowest BCUT2D eigenvalue weighted by atomic mass is 10.2. The summed E-state index contributed by atoms with van der Waals surface area (Å²) in [5, 5.41) is 3.84. The molecule has 0 fully saturated rings. The molecule has 0 spiro atoms. The number of methoxy groups -OCH3 is 1. The molecule has 0 aromatic heterocycles. The van der Waals surface area contributed by atoms with E-state index in [0.717, 1.165) is 5.69 Å². The van der Waals surface area contributed by atoms with E-state index in [1.54, 1.807) is 37.4 Å². The fourth-order valence-electron chi connectivity index (χ4n) is 1.69. The number of nitrogens with one attached hydrogen (secondary N) is 1. The third kappa shape index (κ3) is 3.31. The van der Waals surface area contributed by atoms with Crippen LogP contribution in [-0.4, -0.2) is 7.11 Å². The van der Waals surface area contributed by atoms with E-state index < -0.39 is 5.82 Å². The van der Waals surface area contributed by atoms with Crippen LogP contribution in [0.4, 0.5) is 10.1 Å². The van der Waals surface area contributed by atoms with Crippen LogP contribution in [0.5, 0.6) is 5.75 Å². The summed E-state index contributed by atoms with van der Waals surface area (Å²) in [6.45, 7) is 0.382. The summed E-state index contributed by atoms with van der Waals surface area (Å²) < 4.78 is 18.5. The molecule has 0 heterocycles. The lowest BCUT2D eigenvalue weighted by molar-refractivity contribution is 0.416. The standard InChI is InChI=1S/C14H12Cl2FNO/c1-19-13-6-5-10(15)7-12(13)18-8-9-3-2-4-11(17)14(9)16/h2-7,18H,8H2,1H3. The molecule has 0 radical (unpaired) electrons. The number of anilines is 1. The third-order valence-corrected chi connectivity index (χ3v) is 3.32. The Kier molecular flexibility index (Phi) is 4.51. The lowest BCUT2D eigenvalue weighted by Crippen LogP contribution is -2.02. The first kappa shape index (κ1) is 14.0. The van der Waals surface area contributed by atoms with Gasteiger partial charge in [0.05, 0.1) is 17.8 Å². The van der Waals surface area contributed by atoms with Crippen LogP contribution >= 0.6 is 23.2 Å². The van der Waals surface area contributed by atoms with Crippen LogP contribution in [0.2, 0.25) is 10.0 Å². The van der Waals surface area contributed by atoms with Gasteiger partial charge in [-0.3, -0.25) is 0 Å². The van der Waals surface area contributed by atoms with E-state index in [2.05, 4.69) is 5.32 Å². The second-order valence-corrected chi connectivity index (χ2v) is 4.73. The molecule has 2 rings (SSSR count). The summed E-state index contributed by atoms with van der Waals surface area (Å²) in [5.41, 5.74) is 1.40. The second-order valence-electron chi connectivity index (χ2n) is 3.91. The largest absolute Gasteiger partial charge is 0.495 e. The first-order valence-corrected chi connectivity index (χ1v) is 6.37. The van der Waals surface area contributed by atoms with Gasteiger partial charge in [-0.2, -0.15) is 0 Å². The molecule has 1 N–H and O–H groups in total. The maximum atomic E-state index is 13.3. The number of halogens is 3. The van der Waals surface area contributed by atoms with Crippen LogP contribution in [0, 0.1) is 5.82 Å². The summed E-state index contributed by atoms with van der Waals surface area (Å²) in [6.07, 6.45) is 0. The Morgan fingerprint density at radius 3 is 2.74 bits per heavy atom. The van der Waals surface area contributed by atoms with Gasteiger partial charge in [0.25, 0.3) is 0 Å². The SMILES string of the molecule is COc1ccc(Cl)cc1NCc1cccc(F)c1Cl. The highest BCUT2D eigenvalue weighted by Crippen LogP contribution is 2.29. The van der Waals surface area contributed by atoms with Crippen molar-refractivity contribution >= 4 is 28.9 Å². The highest BCUT2D eigenvalue weighted by Gasteiger charge is 2.07. The van der Waals surface area contributed by atoms with E-state index in [1.165, 1.54) is 6.07 Å². The van der Waals surface area contributed by atoms with Gasteiger partial charge in [-0.25, -0.2) is 4.39 Å². The van der Waals surface area contributed by atoms with Crippen LogP contribution in [0.3, 0.4) is 0 Å². The van der Waals surface area contributed by atoms with Crippen molar-refractivity contribution in [3.63, 3.8) is 0 Å². The minimum atomic E-state index is -0.431. The van der Waals surface area contributed by atoms with Gasteiger partial charge in [0.15, 0.2) is 0 Å². The Bertz CT molecular complexity index is 590. The van der Waals surface area contributed by atoms with Gasteiger partial charge < -0.3 is 10.1 Å². The van der Waals surface area contributed by atoms with Gasteiger partial charge in [0, 0.05) is 11.6 Å².